The zero-order valence-electron chi connectivity index (χ0n) is 18.2. The maximum atomic E-state index is 13.1. The van der Waals surface area contributed by atoms with Gasteiger partial charge in [-0.15, -0.1) is 0 Å². The molecule has 2 heterocycles. The van der Waals surface area contributed by atoms with E-state index in [1.807, 2.05) is 19.9 Å². The number of aromatic nitrogens is 1. The van der Waals surface area contributed by atoms with Crippen molar-refractivity contribution in [3.8, 4) is 5.75 Å². The Kier molecular flexibility index (Phi) is 6.47. The first kappa shape index (κ1) is 22.6. The molecule has 0 aliphatic carbocycles. The van der Waals surface area contributed by atoms with Gasteiger partial charge in [0.15, 0.2) is 0 Å². The second-order valence-electron chi connectivity index (χ2n) is 8.03. The molecule has 0 saturated carbocycles. The van der Waals surface area contributed by atoms with Crippen molar-refractivity contribution in [1.82, 2.24) is 9.88 Å². The number of amides is 1. The Labute approximate surface area is 197 Å². The summed E-state index contributed by atoms with van der Waals surface area (Å²) in [5, 5.41) is 11.6. The summed E-state index contributed by atoms with van der Waals surface area (Å²) in [6, 6.07) is 16.5. The Balaban J connectivity index is 1.80. The number of hydrogen-bond acceptors (Lipinski definition) is 5. The van der Waals surface area contributed by atoms with Gasteiger partial charge in [0.2, 0.25) is 0 Å². The lowest BCUT2D eigenvalue weighted by molar-refractivity contribution is -0.140. The molecule has 1 N–H and O–H groups in total. The van der Waals surface area contributed by atoms with Crippen LogP contribution in [0.1, 0.15) is 36.6 Å². The fourth-order valence-corrected chi connectivity index (χ4v) is 4.07. The maximum Gasteiger partial charge on any atom is 0.295 e. The zero-order valence-corrected chi connectivity index (χ0v) is 19.0. The van der Waals surface area contributed by atoms with Crippen LogP contribution < -0.4 is 4.74 Å². The molecule has 2 aromatic carbocycles. The number of halogens is 1. The number of nitrogens with zero attached hydrogens (tertiary/aromatic N) is 2. The van der Waals surface area contributed by atoms with Gasteiger partial charge in [0.05, 0.1) is 17.7 Å². The van der Waals surface area contributed by atoms with Crippen LogP contribution in [-0.2, 0) is 16.1 Å². The molecule has 168 valence electrons. The average Bonchev–Trinajstić information content (AvgIpc) is 3.04. The summed E-state index contributed by atoms with van der Waals surface area (Å²) >= 11 is 6.22. The number of pyridine rings is 1. The van der Waals surface area contributed by atoms with Crippen molar-refractivity contribution in [3.05, 3.63) is 100 Å². The van der Waals surface area contributed by atoms with Crippen LogP contribution in [0.15, 0.2) is 78.6 Å². The lowest BCUT2D eigenvalue weighted by Crippen LogP contribution is -2.29. The molecule has 3 aromatic rings. The van der Waals surface area contributed by atoms with Crippen molar-refractivity contribution in [2.24, 2.45) is 0 Å². The molecule has 1 amide bonds. The van der Waals surface area contributed by atoms with Crippen molar-refractivity contribution >= 4 is 29.1 Å². The number of rotatable bonds is 6. The normalized spacial score (nSPS) is 17.6. The SMILES string of the molecule is CC(C)Oc1ccc(C(O)=C2C(=O)C(=O)N(Cc3cccnc3)[C@H]2c2cccc(Cl)c2)cc1. The van der Waals surface area contributed by atoms with Crippen LogP contribution in [0.3, 0.4) is 0 Å². The molecule has 6 nitrogen and oxygen atoms in total. The van der Waals surface area contributed by atoms with E-state index in [0.717, 1.165) is 5.56 Å². The number of aliphatic hydroxyl groups is 1. The highest BCUT2D eigenvalue weighted by molar-refractivity contribution is 6.46. The van der Waals surface area contributed by atoms with Gasteiger partial charge in [-0.1, -0.05) is 29.8 Å². The number of likely N-dealkylation sites (tertiary alicyclic amines) is 1. The van der Waals surface area contributed by atoms with Crippen LogP contribution in [0.4, 0.5) is 0 Å². The van der Waals surface area contributed by atoms with Crippen LogP contribution in [0.5, 0.6) is 5.75 Å². The molecule has 0 spiro atoms. The van der Waals surface area contributed by atoms with E-state index < -0.39 is 17.7 Å². The van der Waals surface area contributed by atoms with Gasteiger partial charge >= 0.3 is 0 Å². The van der Waals surface area contributed by atoms with Crippen LogP contribution in [0.2, 0.25) is 5.02 Å². The van der Waals surface area contributed by atoms with Gasteiger partial charge in [-0.25, -0.2) is 0 Å². The van der Waals surface area contributed by atoms with Gasteiger partial charge in [0.1, 0.15) is 11.5 Å². The van der Waals surface area contributed by atoms with Gasteiger partial charge in [0.25, 0.3) is 11.7 Å². The van der Waals surface area contributed by atoms with Gasteiger partial charge in [-0.3, -0.25) is 14.6 Å². The van der Waals surface area contributed by atoms with E-state index in [2.05, 4.69) is 4.98 Å². The number of benzene rings is 2. The number of aliphatic hydroxyl groups excluding tert-OH is 1. The quantitative estimate of drug-likeness (QED) is 0.311. The van der Waals surface area contributed by atoms with Crippen molar-refractivity contribution in [3.63, 3.8) is 0 Å². The van der Waals surface area contributed by atoms with Crippen molar-refractivity contribution in [1.29, 1.82) is 0 Å². The molecule has 1 atom stereocenters. The Hall–Kier alpha value is -3.64. The van der Waals surface area contributed by atoms with Crippen molar-refractivity contribution < 1.29 is 19.4 Å². The fraction of sp³-hybridized carbons (Fsp3) is 0.192. The minimum Gasteiger partial charge on any atom is -0.507 e. The summed E-state index contributed by atoms with van der Waals surface area (Å²) < 4.78 is 5.65. The van der Waals surface area contributed by atoms with E-state index in [9.17, 15) is 14.7 Å². The molecule has 1 fully saturated rings. The molecular weight excluding hydrogens is 440 g/mol. The molecule has 33 heavy (non-hydrogen) atoms. The summed E-state index contributed by atoms with van der Waals surface area (Å²) in [6.07, 6.45) is 3.28. The van der Waals surface area contributed by atoms with Crippen molar-refractivity contribution in [2.45, 2.75) is 32.5 Å². The minimum absolute atomic E-state index is 0.00470. The highest BCUT2D eigenvalue weighted by atomic mass is 35.5. The smallest absolute Gasteiger partial charge is 0.295 e. The Bertz CT molecular complexity index is 1210. The largest absolute Gasteiger partial charge is 0.507 e. The van der Waals surface area contributed by atoms with Crippen LogP contribution >= 0.6 is 11.6 Å². The van der Waals surface area contributed by atoms with Gasteiger partial charge in [0, 0.05) is 29.5 Å². The minimum atomic E-state index is -0.796. The zero-order chi connectivity index (χ0) is 23.5. The number of carbonyl (C=O) groups is 2. The van der Waals surface area contributed by atoms with E-state index in [1.165, 1.54) is 4.90 Å². The third-order valence-electron chi connectivity index (χ3n) is 5.28. The lowest BCUT2D eigenvalue weighted by Gasteiger charge is -2.25. The Morgan fingerprint density at radius 3 is 2.52 bits per heavy atom. The van der Waals surface area contributed by atoms with Crippen molar-refractivity contribution in [2.75, 3.05) is 0 Å². The summed E-state index contributed by atoms with van der Waals surface area (Å²) in [7, 11) is 0. The van der Waals surface area contributed by atoms with Gasteiger partial charge < -0.3 is 14.7 Å². The van der Waals surface area contributed by atoms with Crippen LogP contribution in [-0.4, -0.2) is 32.8 Å². The topological polar surface area (TPSA) is 79.7 Å². The van der Waals surface area contributed by atoms with Gasteiger partial charge in [-0.2, -0.15) is 0 Å². The van der Waals surface area contributed by atoms with E-state index in [0.29, 0.717) is 21.9 Å². The molecule has 1 aromatic heterocycles. The first-order valence-electron chi connectivity index (χ1n) is 10.5. The third kappa shape index (κ3) is 4.76. The molecule has 1 saturated heterocycles. The first-order chi connectivity index (χ1) is 15.8. The predicted molar refractivity (Wildman–Crippen MR) is 126 cm³/mol. The summed E-state index contributed by atoms with van der Waals surface area (Å²) in [5.41, 5.74) is 1.83. The number of carbonyl (C=O) groups excluding carboxylic acids is 2. The number of ketones is 1. The molecular formula is C26H23ClN2O4. The van der Waals surface area contributed by atoms with Crippen LogP contribution in [0, 0.1) is 0 Å². The molecule has 0 unspecified atom stereocenters. The fourth-order valence-electron chi connectivity index (χ4n) is 3.87. The van der Waals surface area contributed by atoms with E-state index in [1.54, 1.807) is 67.0 Å². The predicted octanol–water partition coefficient (Wildman–Crippen LogP) is 5.14. The van der Waals surface area contributed by atoms with E-state index in [4.69, 9.17) is 16.3 Å². The molecule has 1 aliphatic rings. The maximum absolute atomic E-state index is 13.1. The standard InChI is InChI=1S/C26H23ClN2O4/c1-16(2)33-21-10-8-18(9-11-21)24(30)22-23(19-6-3-7-20(27)13-19)29(26(32)25(22)31)15-17-5-4-12-28-14-17/h3-14,16,23,30H,15H2,1-2H3/t23-/m0/s1. The molecule has 0 radical (unpaired) electrons. The summed E-state index contributed by atoms with van der Waals surface area (Å²) in [5.74, 6) is -1.04. The Morgan fingerprint density at radius 2 is 1.88 bits per heavy atom. The first-order valence-corrected chi connectivity index (χ1v) is 10.9. The third-order valence-corrected chi connectivity index (χ3v) is 5.51. The highest BCUT2D eigenvalue weighted by Gasteiger charge is 2.46. The van der Waals surface area contributed by atoms with Gasteiger partial charge in [-0.05, 0) is 67.4 Å². The Morgan fingerprint density at radius 1 is 1.12 bits per heavy atom. The second kappa shape index (κ2) is 9.46. The second-order valence-corrected chi connectivity index (χ2v) is 8.47. The lowest BCUT2D eigenvalue weighted by atomic mass is 9.95. The van der Waals surface area contributed by atoms with E-state index in [-0.39, 0.29) is 24.0 Å². The molecule has 0 bridgehead atoms. The van der Waals surface area contributed by atoms with E-state index >= 15 is 0 Å². The molecule has 4 rings (SSSR count). The summed E-state index contributed by atoms with van der Waals surface area (Å²) in [6.45, 7) is 4.00. The van der Waals surface area contributed by atoms with Crippen LogP contribution in [0.25, 0.3) is 5.76 Å². The highest BCUT2D eigenvalue weighted by Crippen LogP contribution is 2.41. The molecule has 1 aliphatic heterocycles. The molecule has 7 heteroatoms. The average molecular weight is 463 g/mol. The number of hydrogen-bond donors (Lipinski definition) is 1. The monoisotopic (exact) mass is 462 g/mol. The number of ether oxygens (including phenoxy) is 1. The number of Topliss-reactive ketones (excluding diaryl/α,β-unsaturated/α-hetero) is 1. The summed E-state index contributed by atoms with van der Waals surface area (Å²) in [4.78, 5) is 31.7.